The Hall–Kier alpha value is -1.46. The van der Waals surface area contributed by atoms with E-state index in [2.05, 4.69) is 15.5 Å². The summed E-state index contributed by atoms with van der Waals surface area (Å²) in [6.07, 6.45) is 2.13. The van der Waals surface area contributed by atoms with Crippen LogP contribution in [0, 0.1) is 6.92 Å². The van der Waals surface area contributed by atoms with Gasteiger partial charge in [0.25, 0.3) is 0 Å². The Balaban J connectivity index is 1.75. The SMILES string of the molecule is Cc1cn[nH]c1NC(=O)CCSc1ccc(Cl)cc1. The molecule has 0 aliphatic carbocycles. The predicted octanol–water partition coefficient (Wildman–Crippen LogP) is 3.49. The molecule has 4 nitrogen and oxygen atoms in total. The first-order valence-corrected chi connectivity index (χ1v) is 7.19. The second kappa shape index (κ2) is 6.63. The third kappa shape index (κ3) is 4.29. The molecule has 2 rings (SSSR count). The summed E-state index contributed by atoms with van der Waals surface area (Å²) in [6, 6.07) is 7.59. The van der Waals surface area contributed by atoms with Crippen LogP contribution in [-0.4, -0.2) is 21.9 Å². The van der Waals surface area contributed by atoms with Gasteiger partial charge in [-0.15, -0.1) is 11.8 Å². The highest BCUT2D eigenvalue weighted by molar-refractivity contribution is 7.99. The molecule has 0 spiro atoms. The maximum absolute atomic E-state index is 11.7. The van der Waals surface area contributed by atoms with Gasteiger partial charge in [0.05, 0.1) is 6.20 Å². The summed E-state index contributed by atoms with van der Waals surface area (Å²) in [6.45, 7) is 1.89. The fraction of sp³-hybridized carbons (Fsp3) is 0.231. The van der Waals surface area contributed by atoms with Gasteiger partial charge in [-0.3, -0.25) is 9.89 Å². The van der Waals surface area contributed by atoms with Crippen molar-refractivity contribution in [3.05, 3.63) is 41.0 Å². The molecule has 6 heteroatoms. The van der Waals surface area contributed by atoms with E-state index in [9.17, 15) is 4.79 Å². The normalized spacial score (nSPS) is 10.4. The molecule has 0 aliphatic rings. The number of anilines is 1. The van der Waals surface area contributed by atoms with Crippen LogP contribution in [0.5, 0.6) is 0 Å². The maximum Gasteiger partial charge on any atom is 0.226 e. The molecule has 2 N–H and O–H groups in total. The molecule has 0 fully saturated rings. The van der Waals surface area contributed by atoms with Crippen molar-refractivity contribution in [1.82, 2.24) is 10.2 Å². The summed E-state index contributed by atoms with van der Waals surface area (Å²) in [5.74, 6) is 1.37. The van der Waals surface area contributed by atoms with Crippen LogP contribution in [0.3, 0.4) is 0 Å². The molecule has 0 atom stereocenters. The number of aromatic nitrogens is 2. The van der Waals surface area contributed by atoms with Gasteiger partial charge >= 0.3 is 0 Å². The quantitative estimate of drug-likeness (QED) is 0.830. The van der Waals surface area contributed by atoms with Crippen LogP contribution < -0.4 is 5.32 Å². The minimum absolute atomic E-state index is 0.0196. The van der Waals surface area contributed by atoms with Crippen molar-refractivity contribution < 1.29 is 4.79 Å². The molecule has 1 aromatic heterocycles. The summed E-state index contributed by atoms with van der Waals surface area (Å²) in [7, 11) is 0. The van der Waals surface area contributed by atoms with Gasteiger partial charge in [-0.2, -0.15) is 5.10 Å². The second-order valence-electron chi connectivity index (χ2n) is 4.03. The van der Waals surface area contributed by atoms with E-state index in [1.54, 1.807) is 18.0 Å². The van der Waals surface area contributed by atoms with E-state index in [1.165, 1.54) is 0 Å². The van der Waals surface area contributed by atoms with Crippen molar-refractivity contribution >= 4 is 35.1 Å². The van der Waals surface area contributed by atoms with Crippen LogP contribution in [0.15, 0.2) is 35.4 Å². The Morgan fingerprint density at radius 3 is 2.79 bits per heavy atom. The maximum atomic E-state index is 11.7. The first-order valence-electron chi connectivity index (χ1n) is 5.83. The lowest BCUT2D eigenvalue weighted by atomic mass is 10.3. The first-order chi connectivity index (χ1) is 9.15. The van der Waals surface area contributed by atoms with Gasteiger partial charge in [0, 0.05) is 27.7 Å². The number of hydrogen-bond donors (Lipinski definition) is 2. The molecule has 0 bridgehead atoms. The number of thioether (sulfide) groups is 1. The lowest BCUT2D eigenvalue weighted by Crippen LogP contribution is -2.13. The van der Waals surface area contributed by atoms with E-state index >= 15 is 0 Å². The van der Waals surface area contributed by atoms with Crippen LogP contribution in [0.25, 0.3) is 0 Å². The number of H-pyrrole nitrogens is 1. The third-order valence-corrected chi connectivity index (χ3v) is 3.77. The van der Waals surface area contributed by atoms with E-state index in [-0.39, 0.29) is 5.91 Å². The molecule has 2 aromatic rings. The van der Waals surface area contributed by atoms with E-state index < -0.39 is 0 Å². The molecule has 0 saturated carbocycles. The van der Waals surface area contributed by atoms with Crippen LogP contribution in [0.1, 0.15) is 12.0 Å². The monoisotopic (exact) mass is 295 g/mol. The number of benzene rings is 1. The van der Waals surface area contributed by atoms with Gasteiger partial charge in [0.1, 0.15) is 5.82 Å². The highest BCUT2D eigenvalue weighted by atomic mass is 35.5. The number of hydrogen-bond acceptors (Lipinski definition) is 3. The van der Waals surface area contributed by atoms with Gasteiger partial charge in [-0.25, -0.2) is 0 Å². The Kier molecular flexibility index (Phi) is 4.87. The Morgan fingerprint density at radius 1 is 1.42 bits per heavy atom. The first kappa shape index (κ1) is 14.0. The van der Waals surface area contributed by atoms with Crippen molar-refractivity contribution in [2.45, 2.75) is 18.2 Å². The van der Waals surface area contributed by atoms with Crippen molar-refractivity contribution in [2.75, 3.05) is 11.1 Å². The molecule has 0 radical (unpaired) electrons. The standard InChI is InChI=1S/C13H14ClN3OS/c1-9-8-15-17-13(9)16-12(18)6-7-19-11-4-2-10(14)3-5-11/h2-5,8H,6-7H2,1H3,(H2,15,16,17,18). The van der Waals surface area contributed by atoms with Crippen molar-refractivity contribution in [2.24, 2.45) is 0 Å². The van der Waals surface area contributed by atoms with Gasteiger partial charge < -0.3 is 5.32 Å². The Labute approximate surface area is 120 Å². The third-order valence-electron chi connectivity index (χ3n) is 2.50. The Morgan fingerprint density at radius 2 is 2.16 bits per heavy atom. The number of nitrogens with one attached hydrogen (secondary N) is 2. The number of aryl methyl sites for hydroxylation is 1. The number of nitrogens with zero attached hydrogens (tertiary/aromatic N) is 1. The smallest absolute Gasteiger partial charge is 0.226 e. The molecule has 1 aromatic carbocycles. The van der Waals surface area contributed by atoms with Crippen molar-refractivity contribution in [3.8, 4) is 0 Å². The zero-order valence-corrected chi connectivity index (χ0v) is 12.0. The lowest BCUT2D eigenvalue weighted by molar-refractivity contribution is -0.115. The second-order valence-corrected chi connectivity index (χ2v) is 5.63. The molecule has 1 amide bonds. The van der Waals surface area contributed by atoms with Crippen LogP contribution >= 0.6 is 23.4 Å². The largest absolute Gasteiger partial charge is 0.311 e. The predicted molar refractivity (Wildman–Crippen MR) is 78.7 cm³/mol. The number of rotatable bonds is 5. The van der Waals surface area contributed by atoms with Gasteiger partial charge in [0.2, 0.25) is 5.91 Å². The molecule has 100 valence electrons. The van der Waals surface area contributed by atoms with Gasteiger partial charge in [-0.1, -0.05) is 11.6 Å². The number of halogens is 1. The summed E-state index contributed by atoms with van der Waals surface area (Å²) in [5, 5.41) is 10.1. The molecule has 0 saturated heterocycles. The van der Waals surface area contributed by atoms with Crippen molar-refractivity contribution in [1.29, 1.82) is 0 Å². The van der Waals surface area contributed by atoms with E-state index in [1.807, 2.05) is 31.2 Å². The molecule has 0 aliphatic heterocycles. The van der Waals surface area contributed by atoms with Crippen LogP contribution in [0.4, 0.5) is 5.82 Å². The number of carbonyl (C=O) groups excluding carboxylic acids is 1. The van der Waals surface area contributed by atoms with Gasteiger partial charge in [-0.05, 0) is 31.2 Å². The summed E-state index contributed by atoms with van der Waals surface area (Å²) in [4.78, 5) is 12.8. The molecule has 1 heterocycles. The number of carbonyl (C=O) groups is 1. The zero-order valence-electron chi connectivity index (χ0n) is 10.4. The minimum atomic E-state index is -0.0196. The topological polar surface area (TPSA) is 57.8 Å². The lowest BCUT2D eigenvalue weighted by Gasteiger charge is -2.04. The number of aromatic amines is 1. The van der Waals surface area contributed by atoms with Crippen LogP contribution in [-0.2, 0) is 4.79 Å². The number of amides is 1. The van der Waals surface area contributed by atoms with Crippen molar-refractivity contribution in [3.63, 3.8) is 0 Å². The van der Waals surface area contributed by atoms with E-state index in [4.69, 9.17) is 11.6 Å². The average molecular weight is 296 g/mol. The average Bonchev–Trinajstić information content (AvgIpc) is 2.78. The van der Waals surface area contributed by atoms with E-state index in [0.717, 1.165) is 21.2 Å². The zero-order chi connectivity index (χ0) is 13.7. The molecule has 0 unspecified atom stereocenters. The fourth-order valence-electron chi connectivity index (χ4n) is 1.47. The Bertz CT molecular complexity index is 553. The summed E-state index contributed by atoms with van der Waals surface area (Å²) < 4.78 is 0. The highest BCUT2D eigenvalue weighted by Crippen LogP contribution is 2.21. The molecular weight excluding hydrogens is 282 g/mol. The highest BCUT2D eigenvalue weighted by Gasteiger charge is 2.06. The fourth-order valence-corrected chi connectivity index (χ4v) is 2.44. The summed E-state index contributed by atoms with van der Waals surface area (Å²) >= 11 is 7.44. The van der Waals surface area contributed by atoms with Crippen LogP contribution in [0.2, 0.25) is 5.02 Å². The van der Waals surface area contributed by atoms with Gasteiger partial charge in [0.15, 0.2) is 0 Å². The molecular formula is C13H14ClN3OS. The molecule has 19 heavy (non-hydrogen) atoms. The summed E-state index contributed by atoms with van der Waals surface area (Å²) in [5.41, 5.74) is 0.929. The van der Waals surface area contributed by atoms with E-state index in [0.29, 0.717) is 12.2 Å². The minimum Gasteiger partial charge on any atom is -0.311 e.